The van der Waals surface area contributed by atoms with Gasteiger partial charge in [0.15, 0.2) is 0 Å². The first-order valence-corrected chi connectivity index (χ1v) is 6.22. The van der Waals surface area contributed by atoms with E-state index in [2.05, 4.69) is 19.2 Å². The van der Waals surface area contributed by atoms with Crippen LogP contribution in [0.5, 0.6) is 0 Å². The van der Waals surface area contributed by atoms with Crippen LogP contribution < -0.4 is 5.32 Å². The lowest BCUT2D eigenvalue weighted by Crippen LogP contribution is -2.14. The summed E-state index contributed by atoms with van der Waals surface area (Å²) in [7, 11) is 0. The van der Waals surface area contributed by atoms with Gasteiger partial charge >= 0.3 is 0 Å². The Morgan fingerprint density at radius 1 is 1.31 bits per heavy atom. The molecule has 0 fully saturated rings. The molecular weight excluding hydrogens is 225 g/mol. The maximum absolute atomic E-state index is 13.1. The third-order valence-corrected chi connectivity index (χ3v) is 2.73. The molecule has 0 bridgehead atoms. The van der Waals surface area contributed by atoms with Gasteiger partial charge in [0.05, 0.1) is 0 Å². The first-order chi connectivity index (χ1) is 7.61. The number of halogens is 2. The van der Waals surface area contributed by atoms with Gasteiger partial charge in [-0.2, -0.15) is 0 Å². The Morgan fingerprint density at radius 2 is 2.06 bits per heavy atom. The highest BCUT2D eigenvalue weighted by Gasteiger charge is 2.04. The van der Waals surface area contributed by atoms with E-state index in [1.54, 1.807) is 6.07 Å². The number of anilines is 1. The Hall–Kier alpha value is -0.760. The van der Waals surface area contributed by atoms with E-state index in [9.17, 15) is 4.39 Å². The number of hydrogen-bond donors (Lipinski definition) is 1. The van der Waals surface area contributed by atoms with E-state index >= 15 is 0 Å². The van der Waals surface area contributed by atoms with E-state index < -0.39 is 0 Å². The zero-order chi connectivity index (χ0) is 12.0. The van der Waals surface area contributed by atoms with Crippen LogP contribution in [0.1, 0.15) is 39.5 Å². The zero-order valence-electron chi connectivity index (χ0n) is 9.89. The summed E-state index contributed by atoms with van der Waals surface area (Å²) in [4.78, 5) is 0. The Labute approximate surface area is 102 Å². The van der Waals surface area contributed by atoms with Crippen LogP contribution in [0, 0.1) is 5.82 Å². The third kappa shape index (κ3) is 4.84. The van der Waals surface area contributed by atoms with Crippen LogP contribution in [0.4, 0.5) is 10.1 Å². The summed E-state index contributed by atoms with van der Waals surface area (Å²) >= 11 is 5.78. The van der Waals surface area contributed by atoms with Gasteiger partial charge in [0.2, 0.25) is 0 Å². The van der Waals surface area contributed by atoms with Gasteiger partial charge in [-0.05, 0) is 31.5 Å². The largest absolute Gasteiger partial charge is 0.382 e. The predicted molar refractivity (Wildman–Crippen MR) is 68.6 cm³/mol. The highest BCUT2D eigenvalue weighted by Crippen LogP contribution is 2.19. The average molecular weight is 244 g/mol. The van der Waals surface area contributed by atoms with Crippen molar-refractivity contribution in [3.05, 3.63) is 29.0 Å². The second kappa shape index (κ2) is 6.74. The maximum atomic E-state index is 13.1. The summed E-state index contributed by atoms with van der Waals surface area (Å²) in [6, 6.07) is 4.89. The normalized spacial score (nSPS) is 12.5. The predicted octanol–water partition coefficient (Wildman–Crippen LogP) is 4.86. The van der Waals surface area contributed by atoms with Crippen molar-refractivity contribution in [3.8, 4) is 0 Å². The van der Waals surface area contributed by atoms with Gasteiger partial charge in [-0.1, -0.05) is 37.8 Å². The lowest BCUT2D eigenvalue weighted by Gasteiger charge is -2.15. The van der Waals surface area contributed by atoms with E-state index in [-0.39, 0.29) is 5.82 Å². The third-order valence-electron chi connectivity index (χ3n) is 2.52. The molecule has 1 unspecified atom stereocenters. The average Bonchev–Trinajstić information content (AvgIpc) is 2.16. The van der Waals surface area contributed by atoms with Gasteiger partial charge in [0.25, 0.3) is 0 Å². The number of hydrogen-bond acceptors (Lipinski definition) is 1. The lowest BCUT2D eigenvalue weighted by atomic mass is 10.1. The molecule has 3 heteroatoms. The lowest BCUT2D eigenvalue weighted by molar-refractivity contribution is 0.611. The van der Waals surface area contributed by atoms with Crippen LogP contribution in [-0.2, 0) is 0 Å². The van der Waals surface area contributed by atoms with Crippen LogP contribution in [0.25, 0.3) is 0 Å². The van der Waals surface area contributed by atoms with E-state index in [1.807, 2.05) is 0 Å². The van der Waals surface area contributed by atoms with Crippen LogP contribution in [-0.4, -0.2) is 6.04 Å². The van der Waals surface area contributed by atoms with Gasteiger partial charge < -0.3 is 5.32 Å². The monoisotopic (exact) mass is 243 g/mol. The van der Waals surface area contributed by atoms with Crippen molar-refractivity contribution < 1.29 is 4.39 Å². The highest BCUT2D eigenvalue weighted by molar-refractivity contribution is 6.30. The molecule has 1 nitrogen and oxygen atoms in total. The summed E-state index contributed by atoms with van der Waals surface area (Å²) < 4.78 is 13.1. The van der Waals surface area contributed by atoms with E-state index in [0.29, 0.717) is 11.1 Å². The molecule has 90 valence electrons. The van der Waals surface area contributed by atoms with Gasteiger partial charge in [0.1, 0.15) is 5.82 Å². The maximum Gasteiger partial charge on any atom is 0.126 e. The Kier molecular flexibility index (Phi) is 5.61. The minimum Gasteiger partial charge on any atom is -0.382 e. The molecule has 1 atom stereocenters. The molecule has 1 N–H and O–H groups in total. The van der Waals surface area contributed by atoms with Crippen LogP contribution in [0.3, 0.4) is 0 Å². The molecule has 0 amide bonds. The topological polar surface area (TPSA) is 12.0 Å². The molecule has 0 aromatic heterocycles. The standard InChI is InChI=1S/C13H19ClFN/c1-3-4-5-6-10(2)16-13-8-11(14)7-12(15)9-13/h7-10,16H,3-6H2,1-2H3. The number of unbranched alkanes of at least 4 members (excludes halogenated alkanes) is 2. The van der Waals surface area contributed by atoms with E-state index in [4.69, 9.17) is 11.6 Å². The Morgan fingerprint density at radius 3 is 2.69 bits per heavy atom. The molecular formula is C13H19ClFN. The fraction of sp³-hybridized carbons (Fsp3) is 0.538. The Bertz CT molecular complexity index is 307. The summed E-state index contributed by atoms with van der Waals surface area (Å²) in [5, 5.41) is 3.69. The molecule has 0 heterocycles. The molecule has 16 heavy (non-hydrogen) atoms. The highest BCUT2D eigenvalue weighted by atomic mass is 35.5. The number of benzene rings is 1. The second-order valence-corrected chi connectivity index (χ2v) is 4.64. The molecule has 1 aromatic carbocycles. The van der Waals surface area contributed by atoms with Gasteiger partial charge in [0, 0.05) is 16.8 Å². The van der Waals surface area contributed by atoms with Crippen molar-refractivity contribution in [1.82, 2.24) is 0 Å². The molecule has 1 rings (SSSR count). The van der Waals surface area contributed by atoms with Gasteiger partial charge in [-0.3, -0.25) is 0 Å². The van der Waals surface area contributed by atoms with E-state index in [1.165, 1.54) is 31.4 Å². The summed E-state index contributed by atoms with van der Waals surface area (Å²) in [6.45, 7) is 4.29. The zero-order valence-corrected chi connectivity index (χ0v) is 10.6. The Balaban J connectivity index is 2.45. The molecule has 0 spiro atoms. The summed E-state index contributed by atoms with van der Waals surface area (Å²) in [6.07, 6.45) is 4.77. The van der Waals surface area contributed by atoms with Gasteiger partial charge in [-0.25, -0.2) is 4.39 Å². The van der Waals surface area contributed by atoms with Crippen LogP contribution in [0.2, 0.25) is 5.02 Å². The summed E-state index contributed by atoms with van der Waals surface area (Å²) in [5.41, 5.74) is 0.758. The number of nitrogens with one attached hydrogen (secondary N) is 1. The fourth-order valence-corrected chi connectivity index (χ4v) is 1.92. The molecule has 0 aliphatic rings. The SMILES string of the molecule is CCCCCC(C)Nc1cc(F)cc(Cl)c1. The minimum atomic E-state index is -0.296. The molecule has 1 aromatic rings. The fourth-order valence-electron chi connectivity index (χ4n) is 1.69. The summed E-state index contributed by atoms with van der Waals surface area (Å²) in [5.74, 6) is -0.296. The van der Waals surface area contributed by atoms with Crippen molar-refractivity contribution in [2.24, 2.45) is 0 Å². The van der Waals surface area contributed by atoms with Crippen molar-refractivity contribution >= 4 is 17.3 Å². The van der Waals surface area contributed by atoms with Crippen LogP contribution in [0.15, 0.2) is 18.2 Å². The van der Waals surface area contributed by atoms with Gasteiger partial charge in [-0.15, -0.1) is 0 Å². The number of rotatable bonds is 6. The quantitative estimate of drug-likeness (QED) is 0.704. The van der Waals surface area contributed by atoms with Crippen molar-refractivity contribution in [3.63, 3.8) is 0 Å². The van der Waals surface area contributed by atoms with E-state index in [0.717, 1.165) is 12.1 Å². The molecule has 0 saturated heterocycles. The van der Waals surface area contributed by atoms with Crippen molar-refractivity contribution in [2.45, 2.75) is 45.6 Å². The minimum absolute atomic E-state index is 0.296. The first kappa shape index (κ1) is 13.3. The van der Waals surface area contributed by atoms with Crippen molar-refractivity contribution in [1.29, 1.82) is 0 Å². The molecule has 0 radical (unpaired) electrons. The first-order valence-electron chi connectivity index (χ1n) is 5.84. The smallest absolute Gasteiger partial charge is 0.126 e. The molecule has 0 saturated carbocycles. The van der Waals surface area contributed by atoms with Crippen molar-refractivity contribution in [2.75, 3.05) is 5.32 Å². The molecule has 0 aliphatic heterocycles. The second-order valence-electron chi connectivity index (χ2n) is 4.20. The molecule has 0 aliphatic carbocycles. The van der Waals surface area contributed by atoms with Crippen LogP contribution >= 0.6 is 11.6 Å².